The maximum Gasteiger partial charge on any atom is 3.00 e. The van der Waals surface area contributed by atoms with Crippen molar-refractivity contribution in [2.45, 2.75) is 41.5 Å². The Morgan fingerprint density at radius 2 is 0.846 bits per heavy atom. The average Bonchev–Trinajstić information content (AvgIpc) is 3.21. The summed E-state index contributed by atoms with van der Waals surface area (Å²) in [7, 11) is 8.50. The van der Waals surface area contributed by atoms with Gasteiger partial charge in [-0.25, -0.2) is 0 Å². The van der Waals surface area contributed by atoms with Gasteiger partial charge in [0, 0.05) is 63.7 Å². The van der Waals surface area contributed by atoms with Crippen LogP contribution in [0.1, 0.15) is 83.5 Å². The summed E-state index contributed by atoms with van der Waals surface area (Å²) in [5, 5.41) is 90.3. The first-order valence-corrected chi connectivity index (χ1v) is 19.7. The maximum atomic E-state index is 12.1. The summed E-state index contributed by atoms with van der Waals surface area (Å²) in [5.41, 5.74) is -3.46. The van der Waals surface area contributed by atoms with Crippen LogP contribution in [-0.2, 0) is 4.74 Å². The van der Waals surface area contributed by atoms with Crippen molar-refractivity contribution in [3.05, 3.63) is 127 Å². The number of amides is 4. The molecule has 0 spiro atoms. The maximum absolute atomic E-state index is 12.1. The second kappa shape index (κ2) is 27.7. The van der Waals surface area contributed by atoms with Gasteiger partial charge in [-0.2, -0.15) is 14.2 Å². The zero-order valence-corrected chi connectivity index (χ0v) is 40.5. The molecular formula is C42H58EuN9O13. The van der Waals surface area contributed by atoms with Crippen molar-refractivity contribution >= 4 is 23.6 Å². The Hall–Kier alpha value is -5.62. The Labute approximate surface area is 418 Å². The fourth-order valence-electron chi connectivity index (χ4n) is 4.54. The van der Waals surface area contributed by atoms with E-state index >= 15 is 0 Å². The molecule has 0 aromatic carbocycles. The van der Waals surface area contributed by atoms with Crippen molar-refractivity contribution in [3.63, 3.8) is 0 Å². The largest absolute Gasteiger partial charge is 3.00 e. The number of hydrogen-bond donors (Lipinski definition) is 4. The molecule has 0 saturated heterocycles. The molecule has 0 aliphatic carbocycles. The fourth-order valence-corrected chi connectivity index (χ4v) is 4.54. The zero-order valence-electron chi connectivity index (χ0n) is 38.1. The van der Waals surface area contributed by atoms with Crippen molar-refractivity contribution in [1.29, 1.82) is 0 Å². The van der Waals surface area contributed by atoms with Gasteiger partial charge in [-0.15, -0.1) is 0 Å². The van der Waals surface area contributed by atoms with E-state index in [9.17, 15) is 60.1 Å². The molecule has 4 rings (SSSR count). The van der Waals surface area contributed by atoms with Gasteiger partial charge in [0.1, 0.15) is 5.69 Å². The van der Waals surface area contributed by atoms with Crippen molar-refractivity contribution < 1.29 is 107 Å². The first-order chi connectivity index (χ1) is 29.7. The van der Waals surface area contributed by atoms with Gasteiger partial charge in [0.25, 0.3) is 23.0 Å². The van der Waals surface area contributed by atoms with Gasteiger partial charge in [0.05, 0.1) is 28.2 Å². The Kier molecular flexibility index (Phi) is 25.3. The zero-order chi connectivity index (χ0) is 49.0. The van der Waals surface area contributed by atoms with Crippen LogP contribution in [0.3, 0.4) is 0 Å². The molecule has 22 nitrogen and oxygen atoms in total. The van der Waals surface area contributed by atoms with E-state index in [0.29, 0.717) is 0 Å². The SMILES string of the molecule is CC(C)(CNC(=O)c1cccc(=O)n1[O-])CNC(=O)c1cccc([O-])[n+]1[O-].CC(C)(CNC(=O)c1cccc([O-])[n+]1[O-])CNC(=O)c1cccc([O-])[n+]1[O-].CCOCC.C[N+](C)(C)C.[Eu+3]. The number of nitrogens with zero attached hydrogens (tertiary/aromatic N) is 5. The molecule has 0 bridgehead atoms. The fraction of sp³-hybridized carbons (Fsp3) is 0.429. The third-order valence-electron chi connectivity index (χ3n) is 7.90. The first-order valence-electron chi connectivity index (χ1n) is 19.7. The number of carbonyl (C=O) groups excluding carboxylic acids is 4. The van der Waals surface area contributed by atoms with Gasteiger partial charge < -0.3 is 71.4 Å². The second-order valence-corrected chi connectivity index (χ2v) is 16.7. The van der Waals surface area contributed by atoms with Crippen LogP contribution in [0.4, 0.5) is 0 Å². The van der Waals surface area contributed by atoms with Crippen LogP contribution in [-0.4, -0.2) is 100 Å². The van der Waals surface area contributed by atoms with E-state index < -0.39 is 57.7 Å². The summed E-state index contributed by atoms with van der Waals surface area (Å²) in [4.78, 5) is 59.6. The predicted octanol–water partition coefficient (Wildman–Crippen LogP) is -1.26. The Balaban J connectivity index is 0.00000103. The van der Waals surface area contributed by atoms with Crippen molar-refractivity contribution in [3.8, 4) is 17.6 Å². The summed E-state index contributed by atoms with van der Waals surface area (Å²) >= 11 is 0. The summed E-state index contributed by atoms with van der Waals surface area (Å²) in [6, 6.07) is 14.3. The molecule has 4 heterocycles. The van der Waals surface area contributed by atoms with Crippen LogP contribution in [0.5, 0.6) is 17.6 Å². The monoisotopic (exact) mass is 1050 g/mol. The third-order valence-corrected chi connectivity index (χ3v) is 7.90. The number of aromatic nitrogens is 4. The molecule has 0 unspecified atom stereocenters. The van der Waals surface area contributed by atoms with E-state index in [0.717, 1.165) is 42.0 Å². The van der Waals surface area contributed by atoms with Crippen LogP contribution in [0, 0.1) is 81.0 Å². The molecule has 0 saturated carbocycles. The van der Waals surface area contributed by atoms with E-state index in [4.69, 9.17) is 4.74 Å². The minimum absolute atomic E-state index is 0. The van der Waals surface area contributed by atoms with Crippen molar-refractivity contribution in [1.82, 2.24) is 26.0 Å². The molecule has 65 heavy (non-hydrogen) atoms. The van der Waals surface area contributed by atoms with Gasteiger partial charge in [-0.3, -0.25) is 24.0 Å². The standard InChI is InChI=1S/C17H20N4O6.C17H19N4O6.C4H12N.C4H10O.Eu/c2*1-17(2,9-18-15(24)11-5-3-7-13(22)20(11)26)10-19-16(25)12-6-4-8-14(23)21(12)27;1-5(2,3)4;1-3-5-4-2;/h3-8,22-23H,9-10H2,1-2H3,(H,18,24)(H,19,25);3-8,22H,9-10H2,1-2H3,(H,18,24)(H,19,25);1-4H3;3-4H2,1-2H3;/q;-1;+1;;+3/p-3. The topological polar surface area (TPSA) is 321 Å². The molecule has 4 amide bonds. The number of ether oxygens (including phenoxy) is 1. The number of hydrogen-bond acceptors (Lipinski definition) is 13. The molecule has 4 aromatic rings. The smallest absolute Gasteiger partial charge is 0.822 e. The number of pyridine rings is 4. The van der Waals surface area contributed by atoms with Gasteiger partial charge in [-0.05, 0) is 48.9 Å². The van der Waals surface area contributed by atoms with Gasteiger partial charge >= 0.3 is 67.1 Å². The van der Waals surface area contributed by atoms with E-state index in [2.05, 4.69) is 49.5 Å². The Morgan fingerprint density at radius 1 is 0.569 bits per heavy atom. The molecule has 0 fully saturated rings. The van der Waals surface area contributed by atoms with Crippen LogP contribution >= 0.6 is 0 Å². The predicted molar refractivity (Wildman–Crippen MR) is 227 cm³/mol. The van der Waals surface area contributed by atoms with Crippen LogP contribution in [0.15, 0.2) is 77.6 Å². The van der Waals surface area contributed by atoms with E-state index in [1.807, 2.05) is 13.8 Å². The number of carbonyl (C=O) groups is 4. The molecule has 0 aliphatic heterocycles. The van der Waals surface area contributed by atoms with Crippen molar-refractivity contribution in [2.24, 2.45) is 10.8 Å². The summed E-state index contributed by atoms with van der Waals surface area (Å²) in [6.45, 7) is 12.9. The molecule has 0 atom stereocenters. The third kappa shape index (κ3) is 21.7. The summed E-state index contributed by atoms with van der Waals surface area (Å²) in [6.07, 6.45) is 0. The summed E-state index contributed by atoms with van der Waals surface area (Å²) in [5.74, 6) is -5.43. The van der Waals surface area contributed by atoms with Crippen LogP contribution in [0.2, 0.25) is 0 Å². The Morgan fingerprint density at radius 3 is 1.12 bits per heavy atom. The van der Waals surface area contributed by atoms with Gasteiger partial charge in [-0.1, -0.05) is 52.0 Å². The average molecular weight is 1050 g/mol. The molecule has 356 valence electrons. The first kappa shape index (κ1) is 59.4. The molecule has 4 N–H and O–H groups in total. The van der Waals surface area contributed by atoms with E-state index in [1.54, 1.807) is 27.7 Å². The molecular weight excluding hydrogens is 990 g/mol. The van der Waals surface area contributed by atoms with Gasteiger partial charge in [0.15, 0.2) is 17.6 Å². The molecule has 0 aliphatic rings. The van der Waals surface area contributed by atoms with E-state index in [1.165, 1.54) is 48.5 Å². The number of quaternary nitrogens is 1. The second-order valence-electron chi connectivity index (χ2n) is 16.7. The number of nitrogens with one attached hydrogen (secondary N) is 4. The van der Waals surface area contributed by atoms with Crippen LogP contribution < -0.4 is 56.3 Å². The molecule has 0 radical (unpaired) electrons. The van der Waals surface area contributed by atoms with E-state index in [-0.39, 0.29) is 117 Å². The summed E-state index contributed by atoms with van der Waals surface area (Å²) < 4.78 is 5.81. The van der Waals surface area contributed by atoms with Gasteiger partial charge in [0.2, 0.25) is 5.56 Å². The quantitative estimate of drug-likeness (QED) is 0.0652. The minimum atomic E-state index is -0.847. The van der Waals surface area contributed by atoms with Crippen molar-refractivity contribution in [2.75, 3.05) is 67.6 Å². The minimum Gasteiger partial charge on any atom is -0.822 e. The van der Waals surface area contributed by atoms with Crippen LogP contribution in [0.25, 0.3) is 0 Å². The number of rotatable bonds is 14. The normalized spacial score (nSPS) is 10.7. The Bertz CT molecular complexity index is 2170. The molecule has 23 heteroatoms. The molecule has 4 aromatic heterocycles.